The highest BCUT2D eigenvalue weighted by Crippen LogP contribution is 2.28. The molecule has 5 nitrogen and oxygen atoms in total. The Balaban J connectivity index is 2.11. The Kier molecular flexibility index (Phi) is 8.29. The van der Waals surface area contributed by atoms with Crippen LogP contribution in [-0.4, -0.2) is 29.7 Å². The molecule has 0 saturated carbocycles. The Morgan fingerprint density at radius 1 is 1.17 bits per heavy atom. The third-order valence-electron chi connectivity index (χ3n) is 4.44. The highest BCUT2D eigenvalue weighted by Gasteiger charge is 2.17. The van der Waals surface area contributed by atoms with Gasteiger partial charge in [0, 0.05) is 29.3 Å². The number of rotatable bonds is 9. The third kappa shape index (κ3) is 6.76. The van der Waals surface area contributed by atoms with Gasteiger partial charge in [0.25, 0.3) is 12.3 Å². The summed E-state index contributed by atoms with van der Waals surface area (Å²) in [6.45, 7) is 6.45. The van der Waals surface area contributed by atoms with Gasteiger partial charge in [-0.05, 0) is 43.7 Å². The van der Waals surface area contributed by atoms with E-state index in [0.29, 0.717) is 22.5 Å². The van der Waals surface area contributed by atoms with Crippen molar-refractivity contribution in [2.24, 2.45) is 5.92 Å². The van der Waals surface area contributed by atoms with E-state index in [-0.39, 0.29) is 34.8 Å². The first-order valence-corrected chi connectivity index (χ1v) is 9.96. The fourth-order valence-corrected chi connectivity index (χ4v) is 3.00. The first-order chi connectivity index (χ1) is 14.1. The predicted molar refractivity (Wildman–Crippen MR) is 111 cm³/mol. The second kappa shape index (κ2) is 10.5. The number of aryl methyl sites for hydroxylation is 1. The molecule has 162 valence electrons. The van der Waals surface area contributed by atoms with Gasteiger partial charge in [0.2, 0.25) is 0 Å². The zero-order chi connectivity index (χ0) is 22.4. The van der Waals surface area contributed by atoms with Crippen molar-refractivity contribution in [3.63, 3.8) is 0 Å². The lowest BCUT2D eigenvalue weighted by Gasteiger charge is -2.17. The van der Waals surface area contributed by atoms with Crippen molar-refractivity contribution >= 4 is 23.3 Å². The number of carbonyl (C=O) groups is 2. The number of nitrogens with zero attached hydrogens (tertiary/aromatic N) is 1. The number of ketones is 1. The van der Waals surface area contributed by atoms with Crippen LogP contribution in [0.25, 0.3) is 0 Å². The number of benzene rings is 1. The number of amides is 1. The van der Waals surface area contributed by atoms with Crippen molar-refractivity contribution in [1.82, 2.24) is 10.3 Å². The number of aromatic nitrogens is 1. The lowest BCUT2D eigenvalue weighted by molar-refractivity contribution is -0.121. The smallest absolute Gasteiger partial charge is 0.272 e. The number of pyridine rings is 1. The fourth-order valence-electron chi connectivity index (χ4n) is 2.76. The molecule has 2 aromatic rings. The van der Waals surface area contributed by atoms with Gasteiger partial charge in [0.15, 0.2) is 0 Å². The summed E-state index contributed by atoms with van der Waals surface area (Å²) in [6, 6.07) is 7.59. The normalized spacial score (nSPS) is 12.2. The van der Waals surface area contributed by atoms with Gasteiger partial charge in [-0.25, -0.2) is 8.78 Å². The molecule has 0 saturated heterocycles. The molecule has 1 N–H and O–H groups in total. The van der Waals surface area contributed by atoms with Gasteiger partial charge in [-0.2, -0.15) is 0 Å². The number of alkyl halides is 2. The van der Waals surface area contributed by atoms with E-state index in [9.17, 15) is 18.4 Å². The van der Waals surface area contributed by atoms with Crippen LogP contribution in [0.3, 0.4) is 0 Å². The standard InChI is InChI=1S/C22H25ClF2N2O3/c1-12(2)19(28)10-17-8-16(7-13(3)26-17)22(29)27-14(4)15-5-6-20(18(23)9-15)30-11-21(24)25/h5-9,12,14,21H,10-11H2,1-4H3,(H,27,29). The number of carbonyl (C=O) groups excluding carboxylic acids is 2. The largest absolute Gasteiger partial charge is 0.486 e. The van der Waals surface area contributed by atoms with Gasteiger partial charge < -0.3 is 10.1 Å². The second-order valence-electron chi connectivity index (χ2n) is 7.37. The molecule has 1 heterocycles. The molecule has 30 heavy (non-hydrogen) atoms. The highest BCUT2D eigenvalue weighted by molar-refractivity contribution is 6.32. The van der Waals surface area contributed by atoms with Crippen LogP contribution < -0.4 is 10.1 Å². The van der Waals surface area contributed by atoms with Crippen LogP contribution in [0.15, 0.2) is 30.3 Å². The fraction of sp³-hybridized carbons (Fsp3) is 0.409. The molecular formula is C22H25ClF2N2O3. The maximum Gasteiger partial charge on any atom is 0.272 e. The Bertz CT molecular complexity index is 919. The zero-order valence-corrected chi connectivity index (χ0v) is 18.1. The molecular weight excluding hydrogens is 414 g/mol. The summed E-state index contributed by atoms with van der Waals surface area (Å²) in [4.78, 5) is 29.1. The van der Waals surface area contributed by atoms with E-state index in [1.807, 2.05) is 13.8 Å². The average molecular weight is 439 g/mol. The monoisotopic (exact) mass is 438 g/mol. The van der Waals surface area contributed by atoms with E-state index in [2.05, 4.69) is 10.3 Å². The van der Waals surface area contributed by atoms with Gasteiger partial charge in [-0.3, -0.25) is 14.6 Å². The van der Waals surface area contributed by atoms with E-state index in [4.69, 9.17) is 16.3 Å². The Labute approximate surface area is 179 Å². The maximum absolute atomic E-state index is 12.7. The number of Topliss-reactive ketones (excluding diaryl/α,β-unsaturated/α-hetero) is 1. The average Bonchev–Trinajstić information content (AvgIpc) is 2.66. The van der Waals surface area contributed by atoms with Crippen LogP contribution in [0.5, 0.6) is 5.75 Å². The summed E-state index contributed by atoms with van der Waals surface area (Å²) in [7, 11) is 0. The Morgan fingerprint density at radius 3 is 2.47 bits per heavy atom. The van der Waals surface area contributed by atoms with Crippen molar-refractivity contribution in [2.45, 2.75) is 46.6 Å². The van der Waals surface area contributed by atoms with E-state index < -0.39 is 19.1 Å². The van der Waals surface area contributed by atoms with Crippen molar-refractivity contribution in [3.05, 3.63) is 57.9 Å². The van der Waals surface area contributed by atoms with Gasteiger partial charge in [0.05, 0.1) is 11.1 Å². The Morgan fingerprint density at radius 2 is 1.87 bits per heavy atom. The molecule has 0 spiro atoms. The van der Waals surface area contributed by atoms with Crippen LogP contribution in [0.4, 0.5) is 8.78 Å². The SMILES string of the molecule is Cc1cc(C(=O)NC(C)c2ccc(OCC(F)F)c(Cl)c2)cc(CC(=O)C(C)C)n1. The van der Waals surface area contributed by atoms with Crippen LogP contribution >= 0.6 is 11.6 Å². The van der Waals surface area contributed by atoms with E-state index in [1.165, 1.54) is 6.07 Å². The van der Waals surface area contributed by atoms with Crippen molar-refractivity contribution in [3.8, 4) is 5.75 Å². The molecule has 0 aliphatic carbocycles. The third-order valence-corrected chi connectivity index (χ3v) is 4.73. The van der Waals surface area contributed by atoms with Crippen LogP contribution in [0.2, 0.25) is 5.02 Å². The summed E-state index contributed by atoms with van der Waals surface area (Å²) in [5.74, 6) is -0.220. The molecule has 8 heteroatoms. The lowest BCUT2D eigenvalue weighted by atomic mass is 10.0. The molecule has 0 aliphatic heterocycles. The lowest BCUT2D eigenvalue weighted by Crippen LogP contribution is -2.27. The zero-order valence-electron chi connectivity index (χ0n) is 17.3. The van der Waals surface area contributed by atoms with Crippen molar-refractivity contribution in [1.29, 1.82) is 0 Å². The minimum Gasteiger partial charge on any atom is -0.486 e. The molecule has 1 amide bonds. The summed E-state index contributed by atoms with van der Waals surface area (Å²) in [5, 5.41) is 3.05. The first kappa shape index (κ1) is 23.7. The van der Waals surface area contributed by atoms with Gasteiger partial charge in [-0.15, -0.1) is 0 Å². The molecule has 0 aliphatic rings. The van der Waals surface area contributed by atoms with Gasteiger partial charge in [-0.1, -0.05) is 31.5 Å². The van der Waals surface area contributed by atoms with E-state index >= 15 is 0 Å². The molecule has 0 bridgehead atoms. The number of nitrogens with one attached hydrogen (secondary N) is 1. The van der Waals surface area contributed by atoms with Crippen molar-refractivity contribution < 1.29 is 23.1 Å². The van der Waals surface area contributed by atoms with Gasteiger partial charge in [0.1, 0.15) is 18.1 Å². The predicted octanol–water partition coefficient (Wildman–Crippen LogP) is 4.95. The minimum atomic E-state index is -2.59. The molecule has 1 aromatic carbocycles. The summed E-state index contributed by atoms with van der Waals surface area (Å²) >= 11 is 6.10. The molecule has 1 atom stereocenters. The summed E-state index contributed by atoms with van der Waals surface area (Å²) in [5.41, 5.74) is 2.29. The first-order valence-electron chi connectivity index (χ1n) is 9.58. The number of ether oxygens (including phenoxy) is 1. The van der Waals surface area contributed by atoms with Crippen LogP contribution in [0.1, 0.15) is 54.1 Å². The molecule has 0 radical (unpaired) electrons. The molecule has 0 fully saturated rings. The maximum atomic E-state index is 12.7. The minimum absolute atomic E-state index is 0.0524. The van der Waals surface area contributed by atoms with Gasteiger partial charge >= 0.3 is 0 Å². The van der Waals surface area contributed by atoms with Crippen LogP contribution in [0, 0.1) is 12.8 Å². The van der Waals surface area contributed by atoms with E-state index in [0.717, 1.165) is 0 Å². The summed E-state index contributed by atoms with van der Waals surface area (Å²) < 4.78 is 29.5. The molecule has 1 unspecified atom stereocenters. The van der Waals surface area contributed by atoms with Crippen LogP contribution in [-0.2, 0) is 11.2 Å². The number of hydrogen-bond donors (Lipinski definition) is 1. The Hall–Kier alpha value is -2.54. The highest BCUT2D eigenvalue weighted by atomic mass is 35.5. The van der Waals surface area contributed by atoms with Crippen molar-refractivity contribution in [2.75, 3.05) is 6.61 Å². The number of hydrogen-bond acceptors (Lipinski definition) is 4. The summed E-state index contributed by atoms with van der Waals surface area (Å²) in [6.07, 6.45) is -2.42. The second-order valence-corrected chi connectivity index (χ2v) is 7.78. The molecule has 2 rings (SSSR count). The number of halogens is 3. The molecule has 1 aromatic heterocycles. The van der Waals surface area contributed by atoms with E-state index in [1.54, 1.807) is 38.1 Å². The topological polar surface area (TPSA) is 68.3 Å². The quantitative estimate of drug-likeness (QED) is 0.601.